The maximum Gasteiger partial charge on any atom is 0.242 e. The summed E-state index contributed by atoms with van der Waals surface area (Å²) in [5.74, 6) is 0.754. The van der Waals surface area contributed by atoms with Crippen LogP contribution < -0.4 is 10.6 Å². The Morgan fingerprint density at radius 3 is 2.50 bits per heavy atom. The Bertz CT molecular complexity index is 373. The van der Waals surface area contributed by atoms with Crippen LogP contribution in [0.4, 0.5) is 0 Å². The van der Waals surface area contributed by atoms with Crippen LogP contribution in [0.25, 0.3) is 0 Å². The summed E-state index contributed by atoms with van der Waals surface area (Å²) in [5.41, 5.74) is 0.359. The third kappa shape index (κ3) is 3.97. The topological polar surface area (TPSA) is 58.2 Å². The average molecular weight is 280 g/mol. The van der Waals surface area contributed by atoms with Gasteiger partial charge in [-0.3, -0.25) is 9.59 Å². The van der Waals surface area contributed by atoms with Crippen molar-refractivity contribution < 1.29 is 9.59 Å². The third-order valence-corrected chi connectivity index (χ3v) is 4.85. The Kier molecular flexibility index (Phi) is 4.71. The lowest BCUT2D eigenvalue weighted by Gasteiger charge is -2.29. The molecule has 2 N–H and O–H groups in total. The molecule has 2 fully saturated rings. The molecule has 1 aliphatic heterocycles. The zero-order chi connectivity index (χ0) is 14.8. The van der Waals surface area contributed by atoms with Gasteiger partial charge in [0.2, 0.25) is 11.8 Å². The van der Waals surface area contributed by atoms with E-state index < -0.39 is 0 Å². The normalized spacial score (nSPS) is 31.6. The standard InChI is InChI=1S/C16H28N2O2/c1-16(2,3)11-5-4-6-12(8-7-11)17-15(20)13-9-10-14(19)18-13/h11-13H,4-10H2,1-3H3,(H,17,20)(H,18,19)/t11-,12-,13+/m0/s1. The van der Waals surface area contributed by atoms with Gasteiger partial charge in [0.1, 0.15) is 6.04 Å². The molecule has 2 aliphatic rings. The van der Waals surface area contributed by atoms with E-state index in [1.807, 2.05) is 0 Å². The van der Waals surface area contributed by atoms with Gasteiger partial charge in [-0.2, -0.15) is 0 Å². The van der Waals surface area contributed by atoms with Gasteiger partial charge in [0.25, 0.3) is 0 Å². The molecule has 1 saturated heterocycles. The smallest absolute Gasteiger partial charge is 0.242 e. The molecule has 1 aliphatic carbocycles. The van der Waals surface area contributed by atoms with E-state index in [-0.39, 0.29) is 23.9 Å². The lowest BCUT2D eigenvalue weighted by Crippen LogP contribution is -2.45. The van der Waals surface area contributed by atoms with Gasteiger partial charge in [-0.25, -0.2) is 0 Å². The molecule has 1 saturated carbocycles. The molecule has 4 heteroatoms. The minimum Gasteiger partial charge on any atom is -0.352 e. The number of carbonyl (C=O) groups is 2. The Balaban J connectivity index is 1.82. The molecule has 0 aromatic rings. The predicted octanol–water partition coefficient (Wildman–Crippen LogP) is 2.38. The average Bonchev–Trinajstić information content (AvgIpc) is 2.64. The van der Waals surface area contributed by atoms with Gasteiger partial charge in [0.15, 0.2) is 0 Å². The fourth-order valence-electron chi connectivity index (χ4n) is 3.42. The Morgan fingerprint density at radius 2 is 1.90 bits per heavy atom. The molecule has 0 aromatic carbocycles. The van der Waals surface area contributed by atoms with Crippen LogP contribution in [0.5, 0.6) is 0 Å². The number of carbonyl (C=O) groups excluding carboxylic acids is 2. The number of nitrogens with one attached hydrogen (secondary N) is 2. The predicted molar refractivity (Wildman–Crippen MR) is 79.1 cm³/mol. The van der Waals surface area contributed by atoms with Crippen LogP contribution in [-0.2, 0) is 9.59 Å². The minimum absolute atomic E-state index is 0.00110. The SMILES string of the molecule is CC(C)(C)[C@H]1CCC[C@H](NC(=O)[C@H]2CCC(=O)N2)CC1. The number of hydrogen-bond acceptors (Lipinski definition) is 2. The van der Waals surface area contributed by atoms with Gasteiger partial charge in [-0.1, -0.05) is 27.2 Å². The van der Waals surface area contributed by atoms with Gasteiger partial charge in [0.05, 0.1) is 0 Å². The van der Waals surface area contributed by atoms with E-state index in [2.05, 4.69) is 31.4 Å². The second-order valence-electron chi connectivity index (χ2n) is 7.44. The lowest BCUT2D eigenvalue weighted by molar-refractivity contribution is -0.126. The molecular weight excluding hydrogens is 252 g/mol. The summed E-state index contributed by atoms with van der Waals surface area (Å²) < 4.78 is 0. The van der Waals surface area contributed by atoms with Crippen LogP contribution in [-0.4, -0.2) is 23.9 Å². The van der Waals surface area contributed by atoms with Crippen molar-refractivity contribution in [3.63, 3.8) is 0 Å². The Morgan fingerprint density at radius 1 is 1.15 bits per heavy atom. The molecule has 0 aromatic heterocycles. The van der Waals surface area contributed by atoms with Crippen molar-refractivity contribution in [2.75, 3.05) is 0 Å². The summed E-state index contributed by atoms with van der Waals surface area (Å²) in [4.78, 5) is 23.3. The van der Waals surface area contributed by atoms with E-state index in [4.69, 9.17) is 0 Å². The molecule has 2 amide bonds. The van der Waals surface area contributed by atoms with Gasteiger partial charge in [0, 0.05) is 12.5 Å². The van der Waals surface area contributed by atoms with Crippen molar-refractivity contribution in [1.82, 2.24) is 10.6 Å². The second-order valence-corrected chi connectivity index (χ2v) is 7.44. The van der Waals surface area contributed by atoms with Gasteiger partial charge < -0.3 is 10.6 Å². The molecule has 0 bridgehead atoms. The largest absolute Gasteiger partial charge is 0.352 e. The fraction of sp³-hybridized carbons (Fsp3) is 0.875. The van der Waals surface area contributed by atoms with Crippen molar-refractivity contribution in [3.8, 4) is 0 Å². The quantitative estimate of drug-likeness (QED) is 0.763. The van der Waals surface area contributed by atoms with Crippen molar-refractivity contribution in [2.45, 2.75) is 77.8 Å². The first-order chi connectivity index (χ1) is 9.36. The zero-order valence-electron chi connectivity index (χ0n) is 13.0. The second kappa shape index (κ2) is 6.15. The van der Waals surface area contributed by atoms with Crippen LogP contribution in [0.2, 0.25) is 0 Å². The van der Waals surface area contributed by atoms with E-state index in [9.17, 15) is 9.59 Å². The summed E-state index contributed by atoms with van der Waals surface area (Å²) >= 11 is 0. The zero-order valence-corrected chi connectivity index (χ0v) is 13.0. The van der Waals surface area contributed by atoms with Crippen LogP contribution in [0.1, 0.15) is 65.7 Å². The molecule has 114 valence electrons. The molecule has 2 rings (SSSR count). The van der Waals surface area contributed by atoms with Crippen LogP contribution >= 0.6 is 0 Å². The van der Waals surface area contributed by atoms with E-state index in [1.165, 1.54) is 19.3 Å². The van der Waals surface area contributed by atoms with E-state index >= 15 is 0 Å². The fourth-order valence-corrected chi connectivity index (χ4v) is 3.42. The highest BCUT2D eigenvalue weighted by Gasteiger charge is 2.31. The van der Waals surface area contributed by atoms with Crippen LogP contribution in [0.15, 0.2) is 0 Å². The van der Waals surface area contributed by atoms with Crippen LogP contribution in [0.3, 0.4) is 0 Å². The molecule has 1 heterocycles. The molecular formula is C16H28N2O2. The van der Waals surface area contributed by atoms with Crippen LogP contribution in [0, 0.1) is 11.3 Å². The van der Waals surface area contributed by atoms with Crippen molar-refractivity contribution in [1.29, 1.82) is 0 Å². The van der Waals surface area contributed by atoms with Crippen molar-refractivity contribution in [3.05, 3.63) is 0 Å². The Hall–Kier alpha value is -1.06. The maximum absolute atomic E-state index is 12.1. The monoisotopic (exact) mass is 280 g/mol. The highest BCUT2D eigenvalue weighted by Crippen LogP contribution is 2.36. The Labute approximate surface area is 122 Å². The van der Waals surface area contributed by atoms with E-state index in [0.717, 1.165) is 18.8 Å². The summed E-state index contributed by atoms with van der Waals surface area (Å²) in [5, 5.41) is 5.88. The molecule has 20 heavy (non-hydrogen) atoms. The summed E-state index contributed by atoms with van der Waals surface area (Å²) in [7, 11) is 0. The summed E-state index contributed by atoms with van der Waals surface area (Å²) in [6.45, 7) is 6.93. The molecule has 4 nitrogen and oxygen atoms in total. The van der Waals surface area contributed by atoms with Crippen molar-refractivity contribution in [2.24, 2.45) is 11.3 Å². The number of amides is 2. The number of hydrogen-bond donors (Lipinski definition) is 2. The van der Waals surface area contributed by atoms with Gasteiger partial charge in [-0.15, -0.1) is 0 Å². The third-order valence-electron chi connectivity index (χ3n) is 4.85. The first-order valence-corrected chi connectivity index (χ1v) is 7.96. The van der Waals surface area contributed by atoms with E-state index in [1.54, 1.807) is 0 Å². The summed E-state index contributed by atoms with van der Waals surface area (Å²) in [6.07, 6.45) is 6.88. The maximum atomic E-state index is 12.1. The number of rotatable bonds is 2. The van der Waals surface area contributed by atoms with Crippen molar-refractivity contribution >= 4 is 11.8 Å². The minimum atomic E-state index is -0.302. The van der Waals surface area contributed by atoms with Gasteiger partial charge >= 0.3 is 0 Å². The molecule has 0 unspecified atom stereocenters. The molecule has 0 spiro atoms. The highest BCUT2D eigenvalue weighted by atomic mass is 16.2. The first kappa shape index (κ1) is 15.3. The summed E-state index contributed by atoms with van der Waals surface area (Å²) in [6, 6.07) is -0.0171. The van der Waals surface area contributed by atoms with E-state index in [0.29, 0.717) is 18.3 Å². The first-order valence-electron chi connectivity index (χ1n) is 7.96. The highest BCUT2D eigenvalue weighted by molar-refractivity contribution is 5.90. The lowest BCUT2D eigenvalue weighted by atomic mass is 9.76. The molecule has 3 atom stereocenters. The van der Waals surface area contributed by atoms with Gasteiger partial charge in [-0.05, 0) is 43.4 Å². The molecule has 0 radical (unpaired) electrons.